The van der Waals surface area contributed by atoms with Crippen LogP contribution < -0.4 is 5.32 Å². The molecule has 2 aliphatic rings. The van der Waals surface area contributed by atoms with Gasteiger partial charge in [-0.25, -0.2) is 0 Å². The average Bonchev–Trinajstić information content (AvgIpc) is 3.16. The molecule has 0 spiro atoms. The first-order chi connectivity index (χ1) is 12.3. The molecule has 128 valence electrons. The van der Waals surface area contributed by atoms with Crippen LogP contribution in [0, 0.1) is 0 Å². The van der Waals surface area contributed by atoms with Gasteiger partial charge in [-0.1, -0.05) is 18.2 Å². The molecule has 2 aliphatic heterocycles. The third-order valence-electron chi connectivity index (χ3n) is 6.24. The second kappa shape index (κ2) is 5.92. The Kier molecular flexibility index (Phi) is 3.56. The molecule has 3 nitrogen and oxygen atoms in total. The Balaban J connectivity index is 1.31. The summed E-state index contributed by atoms with van der Waals surface area (Å²) in [4.78, 5) is 5.85. The molecule has 2 unspecified atom stereocenters. The van der Waals surface area contributed by atoms with E-state index in [0.29, 0.717) is 6.04 Å². The number of fused-ring (bicyclic) bond motifs is 3. The molecule has 2 atom stereocenters. The predicted octanol–water partition coefficient (Wildman–Crippen LogP) is 4.87. The maximum Gasteiger partial charge on any atom is 0.0454 e. The van der Waals surface area contributed by atoms with E-state index < -0.39 is 0 Å². The number of piperidine rings is 1. The molecule has 0 radical (unpaired) electrons. The van der Waals surface area contributed by atoms with Gasteiger partial charge in [0.05, 0.1) is 0 Å². The summed E-state index contributed by atoms with van der Waals surface area (Å²) in [5.41, 5.74) is 4.99. The second-order valence-corrected chi connectivity index (χ2v) is 7.72. The van der Waals surface area contributed by atoms with Crippen molar-refractivity contribution in [3.05, 3.63) is 54.7 Å². The summed E-state index contributed by atoms with van der Waals surface area (Å²) in [5.74, 6) is 0. The van der Waals surface area contributed by atoms with E-state index >= 15 is 0 Å². The Morgan fingerprint density at radius 1 is 0.920 bits per heavy atom. The quantitative estimate of drug-likeness (QED) is 0.717. The number of nitrogens with zero attached hydrogens (tertiary/aromatic N) is 1. The van der Waals surface area contributed by atoms with Crippen LogP contribution in [-0.2, 0) is 0 Å². The van der Waals surface area contributed by atoms with Crippen molar-refractivity contribution >= 4 is 16.6 Å². The van der Waals surface area contributed by atoms with E-state index in [2.05, 4.69) is 70.8 Å². The second-order valence-electron chi connectivity index (χ2n) is 7.72. The Hall–Kier alpha value is -2.26. The van der Waals surface area contributed by atoms with Crippen molar-refractivity contribution in [3.8, 4) is 11.1 Å². The minimum atomic E-state index is 0.621. The highest BCUT2D eigenvalue weighted by molar-refractivity contribution is 5.85. The molecular formula is C22H25N3. The Morgan fingerprint density at radius 2 is 1.64 bits per heavy atom. The van der Waals surface area contributed by atoms with Crippen molar-refractivity contribution in [2.24, 2.45) is 0 Å². The van der Waals surface area contributed by atoms with Crippen LogP contribution in [0.5, 0.6) is 0 Å². The zero-order chi connectivity index (χ0) is 16.8. The molecule has 2 N–H and O–H groups in total. The number of aromatic amines is 1. The van der Waals surface area contributed by atoms with Gasteiger partial charge in [-0.2, -0.15) is 0 Å². The Bertz CT molecular complexity index is 866. The van der Waals surface area contributed by atoms with Crippen molar-refractivity contribution in [2.45, 2.75) is 43.8 Å². The maximum absolute atomic E-state index is 3.77. The summed E-state index contributed by atoms with van der Waals surface area (Å²) in [6.45, 7) is 0. The van der Waals surface area contributed by atoms with Crippen LogP contribution in [-0.4, -0.2) is 35.1 Å². The van der Waals surface area contributed by atoms with Gasteiger partial charge in [-0.15, -0.1) is 0 Å². The summed E-state index contributed by atoms with van der Waals surface area (Å²) < 4.78 is 0. The largest absolute Gasteiger partial charge is 0.382 e. The molecule has 3 heterocycles. The molecule has 2 bridgehead atoms. The lowest BCUT2D eigenvalue weighted by atomic mass is 9.97. The monoisotopic (exact) mass is 331 g/mol. The highest BCUT2D eigenvalue weighted by Crippen LogP contribution is 2.35. The number of rotatable bonds is 3. The molecule has 0 saturated carbocycles. The van der Waals surface area contributed by atoms with Gasteiger partial charge in [0.1, 0.15) is 0 Å². The van der Waals surface area contributed by atoms with Crippen molar-refractivity contribution in [2.75, 3.05) is 12.4 Å². The van der Waals surface area contributed by atoms with Crippen LogP contribution in [0.25, 0.3) is 22.0 Å². The highest BCUT2D eigenvalue weighted by Gasteiger charge is 2.38. The van der Waals surface area contributed by atoms with Gasteiger partial charge < -0.3 is 15.2 Å². The number of hydrogen-bond donors (Lipinski definition) is 2. The van der Waals surface area contributed by atoms with Gasteiger partial charge >= 0.3 is 0 Å². The Morgan fingerprint density at radius 3 is 2.40 bits per heavy atom. The molecule has 3 heteroatoms. The number of benzene rings is 2. The molecule has 0 aliphatic carbocycles. The Labute approximate surface area is 149 Å². The summed E-state index contributed by atoms with van der Waals surface area (Å²) in [5, 5.41) is 5.04. The van der Waals surface area contributed by atoms with Gasteiger partial charge in [0.15, 0.2) is 0 Å². The number of H-pyrrole nitrogens is 1. The zero-order valence-corrected chi connectivity index (χ0v) is 14.7. The molecular weight excluding hydrogens is 306 g/mol. The minimum Gasteiger partial charge on any atom is -0.382 e. The standard InChI is InChI=1S/C22H25N3/c1-25-20-7-8-21(25)14-19(13-20)24-18-5-2-15(3-6-18)16-4-9-22-17(12-16)10-11-23-22/h2-6,9-12,19-21,23-24H,7-8,13-14H2,1H3. The summed E-state index contributed by atoms with van der Waals surface area (Å²) in [6.07, 6.45) is 7.30. The van der Waals surface area contributed by atoms with Gasteiger partial charge in [0.25, 0.3) is 0 Å². The molecule has 0 amide bonds. The minimum absolute atomic E-state index is 0.621. The summed E-state index contributed by atoms with van der Waals surface area (Å²) >= 11 is 0. The SMILES string of the molecule is CN1C2CCC1CC(Nc1ccc(-c3ccc4[nH]ccc4c3)cc1)C2. The molecule has 2 saturated heterocycles. The normalized spacial score (nSPS) is 26.2. The number of hydrogen-bond acceptors (Lipinski definition) is 2. The van der Waals surface area contributed by atoms with Crippen LogP contribution in [0.3, 0.4) is 0 Å². The highest BCUT2D eigenvalue weighted by atomic mass is 15.2. The lowest BCUT2D eigenvalue weighted by molar-refractivity contribution is 0.169. The van der Waals surface area contributed by atoms with E-state index in [0.717, 1.165) is 12.1 Å². The fraction of sp³-hybridized carbons (Fsp3) is 0.364. The lowest BCUT2D eigenvalue weighted by Crippen LogP contribution is -2.44. The van der Waals surface area contributed by atoms with Crippen LogP contribution in [0.4, 0.5) is 5.69 Å². The van der Waals surface area contributed by atoms with Crippen LogP contribution in [0.2, 0.25) is 0 Å². The van der Waals surface area contributed by atoms with Gasteiger partial charge in [-0.3, -0.25) is 0 Å². The van der Waals surface area contributed by atoms with Crippen LogP contribution in [0.15, 0.2) is 54.7 Å². The number of anilines is 1. The van der Waals surface area contributed by atoms with Gasteiger partial charge in [0, 0.05) is 35.5 Å². The molecule has 5 rings (SSSR count). The first-order valence-electron chi connectivity index (χ1n) is 9.42. The van der Waals surface area contributed by atoms with Crippen LogP contribution in [0.1, 0.15) is 25.7 Å². The maximum atomic E-state index is 3.77. The van der Waals surface area contributed by atoms with Crippen molar-refractivity contribution in [1.82, 2.24) is 9.88 Å². The third-order valence-corrected chi connectivity index (χ3v) is 6.24. The van der Waals surface area contributed by atoms with Crippen molar-refractivity contribution in [1.29, 1.82) is 0 Å². The predicted molar refractivity (Wildman–Crippen MR) is 105 cm³/mol. The fourth-order valence-corrected chi connectivity index (χ4v) is 4.76. The molecule has 3 aromatic rings. The van der Waals surface area contributed by atoms with E-state index in [9.17, 15) is 0 Å². The van der Waals surface area contributed by atoms with E-state index in [1.165, 1.54) is 53.4 Å². The molecule has 25 heavy (non-hydrogen) atoms. The summed E-state index contributed by atoms with van der Waals surface area (Å²) in [6, 6.07) is 19.9. The molecule has 2 aromatic carbocycles. The van der Waals surface area contributed by atoms with E-state index in [-0.39, 0.29) is 0 Å². The van der Waals surface area contributed by atoms with E-state index in [1.807, 2.05) is 6.20 Å². The average molecular weight is 331 g/mol. The van der Waals surface area contributed by atoms with Crippen molar-refractivity contribution < 1.29 is 0 Å². The summed E-state index contributed by atoms with van der Waals surface area (Å²) in [7, 11) is 2.30. The topological polar surface area (TPSA) is 31.1 Å². The van der Waals surface area contributed by atoms with Gasteiger partial charge in [-0.05, 0) is 79.6 Å². The van der Waals surface area contributed by atoms with E-state index in [4.69, 9.17) is 0 Å². The first-order valence-corrected chi connectivity index (χ1v) is 9.42. The third kappa shape index (κ3) is 2.73. The van der Waals surface area contributed by atoms with Gasteiger partial charge in [0.2, 0.25) is 0 Å². The first kappa shape index (κ1) is 15.0. The zero-order valence-electron chi connectivity index (χ0n) is 14.7. The van der Waals surface area contributed by atoms with Crippen LogP contribution >= 0.6 is 0 Å². The lowest BCUT2D eigenvalue weighted by Gasteiger charge is -2.37. The molecule has 1 aromatic heterocycles. The van der Waals surface area contributed by atoms with Crippen molar-refractivity contribution in [3.63, 3.8) is 0 Å². The smallest absolute Gasteiger partial charge is 0.0454 e. The number of aromatic nitrogens is 1. The molecule has 2 fully saturated rings. The van der Waals surface area contributed by atoms with E-state index in [1.54, 1.807) is 0 Å². The fourth-order valence-electron chi connectivity index (χ4n) is 4.76. The number of nitrogens with one attached hydrogen (secondary N) is 2.